The van der Waals surface area contributed by atoms with Crippen molar-refractivity contribution < 1.29 is 18.7 Å². The smallest absolute Gasteiger partial charge is 0.373 e. The van der Waals surface area contributed by atoms with Gasteiger partial charge in [-0.1, -0.05) is 48.5 Å². The van der Waals surface area contributed by atoms with E-state index in [4.69, 9.17) is 9.15 Å². The number of methoxy groups -OCH3 is 1. The molecule has 4 nitrogen and oxygen atoms in total. The molecule has 0 aliphatic rings. The van der Waals surface area contributed by atoms with Crippen molar-refractivity contribution in [2.45, 2.75) is 6.61 Å². The Morgan fingerprint density at radius 2 is 1.70 bits per heavy atom. The molecule has 116 valence electrons. The van der Waals surface area contributed by atoms with Crippen LogP contribution in [-0.2, 0) is 11.3 Å². The van der Waals surface area contributed by atoms with E-state index in [1.165, 1.54) is 7.11 Å². The number of furan rings is 1. The Morgan fingerprint density at radius 3 is 2.48 bits per heavy atom. The van der Waals surface area contributed by atoms with E-state index < -0.39 is 5.97 Å². The van der Waals surface area contributed by atoms with E-state index in [2.05, 4.69) is 4.74 Å². The van der Waals surface area contributed by atoms with Crippen molar-refractivity contribution in [2.75, 3.05) is 7.11 Å². The van der Waals surface area contributed by atoms with Gasteiger partial charge in [-0.25, -0.2) is 4.79 Å². The average molecular weight is 308 g/mol. The topological polar surface area (TPSA) is 48.7 Å². The summed E-state index contributed by atoms with van der Waals surface area (Å²) in [6, 6.07) is 21.1. The third-order valence-electron chi connectivity index (χ3n) is 3.39. The Hall–Kier alpha value is -3.01. The zero-order valence-corrected chi connectivity index (χ0v) is 12.7. The van der Waals surface area contributed by atoms with Gasteiger partial charge in [0.2, 0.25) is 5.76 Å². The number of rotatable bonds is 5. The highest BCUT2D eigenvalue weighted by Gasteiger charge is 2.12. The van der Waals surface area contributed by atoms with Gasteiger partial charge >= 0.3 is 5.97 Å². The molecule has 0 saturated carbocycles. The number of para-hydroxylation sites is 1. The highest BCUT2D eigenvalue weighted by atomic mass is 16.5. The molecule has 3 aromatic rings. The maximum absolute atomic E-state index is 11.4. The Morgan fingerprint density at radius 1 is 0.957 bits per heavy atom. The summed E-state index contributed by atoms with van der Waals surface area (Å²) in [6.45, 7) is 0.237. The second-order valence-corrected chi connectivity index (χ2v) is 4.91. The van der Waals surface area contributed by atoms with Crippen LogP contribution in [0.25, 0.3) is 11.1 Å². The van der Waals surface area contributed by atoms with E-state index in [0.29, 0.717) is 5.76 Å². The van der Waals surface area contributed by atoms with Crippen LogP contribution in [-0.4, -0.2) is 13.1 Å². The highest BCUT2D eigenvalue weighted by Crippen LogP contribution is 2.30. The van der Waals surface area contributed by atoms with Crippen molar-refractivity contribution in [3.05, 3.63) is 78.3 Å². The molecule has 0 atom stereocenters. The first-order chi connectivity index (χ1) is 11.3. The molecule has 0 N–H and O–H groups in total. The Bertz CT molecular complexity index is 790. The molecular weight excluding hydrogens is 292 g/mol. The van der Waals surface area contributed by atoms with Crippen LogP contribution < -0.4 is 4.74 Å². The Kier molecular flexibility index (Phi) is 4.43. The number of hydrogen-bond donors (Lipinski definition) is 0. The van der Waals surface area contributed by atoms with E-state index in [9.17, 15) is 4.79 Å². The van der Waals surface area contributed by atoms with Gasteiger partial charge in [0, 0.05) is 5.56 Å². The van der Waals surface area contributed by atoms with E-state index in [0.717, 1.165) is 16.9 Å². The molecule has 0 saturated heterocycles. The summed E-state index contributed by atoms with van der Waals surface area (Å²) in [5.41, 5.74) is 2.09. The van der Waals surface area contributed by atoms with Gasteiger partial charge in [-0.05, 0) is 23.8 Å². The summed E-state index contributed by atoms with van der Waals surface area (Å²) in [5, 5.41) is 0. The van der Waals surface area contributed by atoms with Crippen LogP contribution in [0, 0.1) is 0 Å². The first-order valence-corrected chi connectivity index (χ1v) is 7.22. The van der Waals surface area contributed by atoms with E-state index in [1.54, 1.807) is 12.1 Å². The lowest BCUT2D eigenvalue weighted by atomic mass is 10.1. The summed E-state index contributed by atoms with van der Waals surface area (Å²) in [5.74, 6) is 0.992. The highest BCUT2D eigenvalue weighted by molar-refractivity contribution is 5.86. The minimum absolute atomic E-state index is 0.169. The van der Waals surface area contributed by atoms with Gasteiger partial charge < -0.3 is 13.9 Å². The molecular formula is C19H16O4. The summed E-state index contributed by atoms with van der Waals surface area (Å²) in [4.78, 5) is 11.4. The summed E-state index contributed by atoms with van der Waals surface area (Å²) < 4.78 is 15.9. The fraction of sp³-hybridized carbons (Fsp3) is 0.105. The number of esters is 1. The zero-order valence-electron chi connectivity index (χ0n) is 12.7. The predicted molar refractivity (Wildman–Crippen MR) is 86.3 cm³/mol. The molecule has 3 rings (SSSR count). The minimum atomic E-state index is -0.499. The first-order valence-electron chi connectivity index (χ1n) is 7.22. The molecule has 0 fully saturated rings. The normalized spacial score (nSPS) is 10.3. The van der Waals surface area contributed by atoms with Crippen LogP contribution in [0.3, 0.4) is 0 Å². The zero-order chi connectivity index (χ0) is 16.1. The molecule has 0 amide bonds. The van der Waals surface area contributed by atoms with Crippen LogP contribution in [0.1, 0.15) is 16.3 Å². The van der Waals surface area contributed by atoms with Crippen molar-refractivity contribution in [1.29, 1.82) is 0 Å². The van der Waals surface area contributed by atoms with Crippen LogP contribution in [0.4, 0.5) is 0 Å². The van der Waals surface area contributed by atoms with Crippen LogP contribution in [0.5, 0.6) is 5.75 Å². The summed E-state index contributed by atoms with van der Waals surface area (Å²) in [6.07, 6.45) is 0. The van der Waals surface area contributed by atoms with Crippen molar-refractivity contribution >= 4 is 5.97 Å². The lowest BCUT2D eigenvalue weighted by Gasteiger charge is -2.10. The van der Waals surface area contributed by atoms with E-state index >= 15 is 0 Å². The minimum Gasteiger partial charge on any atom is -0.485 e. The SMILES string of the molecule is COC(=O)c1ccc(COc2ccccc2-c2ccccc2)o1. The second kappa shape index (κ2) is 6.83. The number of benzene rings is 2. The van der Waals surface area contributed by atoms with Crippen LogP contribution in [0.15, 0.2) is 71.1 Å². The molecule has 0 aliphatic carbocycles. The maximum atomic E-state index is 11.4. The summed E-state index contributed by atoms with van der Waals surface area (Å²) in [7, 11) is 1.32. The molecule has 2 aromatic carbocycles. The molecule has 0 aliphatic heterocycles. The summed E-state index contributed by atoms with van der Waals surface area (Å²) >= 11 is 0. The molecule has 0 unspecified atom stereocenters. The number of carbonyl (C=O) groups excluding carboxylic acids is 1. The van der Waals surface area contributed by atoms with Crippen molar-refractivity contribution in [3.8, 4) is 16.9 Å². The molecule has 0 spiro atoms. The fourth-order valence-corrected chi connectivity index (χ4v) is 2.26. The van der Waals surface area contributed by atoms with Gasteiger partial charge in [-0.15, -0.1) is 0 Å². The predicted octanol–water partition coefficient (Wildman–Crippen LogP) is 4.31. The molecule has 1 aromatic heterocycles. The van der Waals surface area contributed by atoms with Crippen molar-refractivity contribution in [1.82, 2.24) is 0 Å². The third-order valence-corrected chi connectivity index (χ3v) is 3.39. The standard InChI is InChI=1S/C19H16O4/c1-21-19(20)18-12-11-15(23-18)13-22-17-10-6-5-9-16(17)14-7-3-2-4-8-14/h2-12H,13H2,1H3. The van der Waals surface area contributed by atoms with Crippen LogP contribution >= 0.6 is 0 Å². The Labute approximate surface area is 134 Å². The molecule has 0 bridgehead atoms. The fourth-order valence-electron chi connectivity index (χ4n) is 2.26. The maximum Gasteiger partial charge on any atom is 0.373 e. The van der Waals surface area contributed by atoms with Crippen molar-refractivity contribution in [3.63, 3.8) is 0 Å². The first kappa shape index (κ1) is 14.9. The van der Waals surface area contributed by atoms with E-state index in [-0.39, 0.29) is 12.4 Å². The molecule has 0 radical (unpaired) electrons. The number of carbonyl (C=O) groups is 1. The second-order valence-electron chi connectivity index (χ2n) is 4.91. The van der Waals surface area contributed by atoms with E-state index in [1.807, 2.05) is 54.6 Å². The lowest BCUT2D eigenvalue weighted by molar-refractivity contribution is 0.0561. The molecule has 1 heterocycles. The number of hydrogen-bond acceptors (Lipinski definition) is 4. The van der Waals surface area contributed by atoms with Gasteiger partial charge in [-0.2, -0.15) is 0 Å². The van der Waals surface area contributed by atoms with Gasteiger partial charge in [0.1, 0.15) is 18.1 Å². The molecule has 23 heavy (non-hydrogen) atoms. The molecule has 4 heteroatoms. The largest absolute Gasteiger partial charge is 0.485 e. The quantitative estimate of drug-likeness (QED) is 0.659. The van der Waals surface area contributed by atoms with Crippen LogP contribution in [0.2, 0.25) is 0 Å². The van der Waals surface area contributed by atoms with Gasteiger partial charge in [0.15, 0.2) is 0 Å². The van der Waals surface area contributed by atoms with Gasteiger partial charge in [0.05, 0.1) is 7.11 Å². The Balaban J connectivity index is 1.76. The lowest BCUT2D eigenvalue weighted by Crippen LogP contribution is -1.99. The van der Waals surface area contributed by atoms with Gasteiger partial charge in [-0.3, -0.25) is 0 Å². The average Bonchev–Trinajstić information content (AvgIpc) is 3.09. The van der Waals surface area contributed by atoms with Crippen molar-refractivity contribution in [2.24, 2.45) is 0 Å². The number of ether oxygens (including phenoxy) is 2. The third kappa shape index (κ3) is 3.43. The monoisotopic (exact) mass is 308 g/mol. The van der Waals surface area contributed by atoms with Gasteiger partial charge in [0.25, 0.3) is 0 Å².